The molecule has 0 spiro atoms. The third-order valence-corrected chi connectivity index (χ3v) is 2.68. The number of rotatable bonds is 5. The van der Waals surface area contributed by atoms with Crippen molar-refractivity contribution in [2.75, 3.05) is 5.32 Å². The second-order valence-electron chi connectivity index (χ2n) is 4.31. The molecule has 0 aliphatic rings. The summed E-state index contributed by atoms with van der Waals surface area (Å²) in [5.74, 6) is -0.719. The number of primary amides is 1. The number of aromatic nitrogens is 2. The van der Waals surface area contributed by atoms with Gasteiger partial charge in [-0.1, -0.05) is 12.1 Å². The maximum atomic E-state index is 13.1. The largest absolute Gasteiger partial charge is 0.376 e. The summed E-state index contributed by atoms with van der Waals surface area (Å²) in [4.78, 5) is 10.8. The smallest absolute Gasteiger partial charge is 0.239 e. The minimum absolute atomic E-state index is 0.0377. The molecule has 6 heteroatoms. The molecule has 0 bridgehead atoms. The second-order valence-corrected chi connectivity index (χ2v) is 4.31. The van der Waals surface area contributed by atoms with Gasteiger partial charge in [0.2, 0.25) is 5.91 Å². The highest BCUT2D eigenvalue weighted by Gasteiger charge is 2.08. The average molecular weight is 262 g/mol. The lowest BCUT2D eigenvalue weighted by Crippen LogP contribution is -2.18. The van der Waals surface area contributed by atoms with Crippen LogP contribution in [0.2, 0.25) is 0 Å². The van der Waals surface area contributed by atoms with Gasteiger partial charge in [-0.2, -0.15) is 5.10 Å². The quantitative estimate of drug-likeness (QED) is 0.861. The molecule has 1 aromatic heterocycles. The Morgan fingerprint density at radius 1 is 1.58 bits per heavy atom. The first-order valence-corrected chi connectivity index (χ1v) is 5.87. The lowest BCUT2D eigenvalue weighted by molar-refractivity contribution is -0.118. The Bertz CT molecular complexity index is 582. The standard InChI is InChI=1S/C13H15FN4O/c1-9(10-3-2-4-11(14)5-10)17-12-6-16-18(7-12)8-13(15)19/h2-7,9,17H,8H2,1H3,(H2,15,19). The number of hydrogen-bond acceptors (Lipinski definition) is 3. The van der Waals surface area contributed by atoms with Crippen LogP contribution in [0.1, 0.15) is 18.5 Å². The lowest BCUT2D eigenvalue weighted by atomic mass is 10.1. The predicted octanol–water partition coefficient (Wildman–Crippen LogP) is 1.68. The van der Waals surface area contributed by atoms with Crippen LogP contribution in [-0.2, 0) is 11.3 Å². The van der Waals surface area contributed by atoms with Crippen LogP contribution in [0.4, 0.5) is 10.1 Å². The molecule has 0 fully saturated rings. The predicted molar refractivity (Wildman–Crippen MR) is 69.9 cm³/mol. The van der Waals surface area contributed by atoms with Crippen LogP contribution < -0.4 is 11.1 Å². The van der Waals surface area contributed by atoms with Crippen LogP contribution in [0.25, 0.3) is 0 Å². The fourth-order valence-electron chi connectivity index (χ4n) is 1.79. The first-order chi connectivity index (χ1) is 9.04. The molecule has 1 unspecified atom stereocenters. The van der Waals surface area contributed by atoms with Crippen molar-refractivity contribution in [3.8, 4) is 0 Å². The summed E-state index contributed by atoms with van der Waals surface area (Å²) in [7, 11) is 0. The Hall–Kier alpha value is -2.37. The Morgan fingerprint density at radius 2 is 2.37 bits per heavy atom. The Kier molecular flexibility index (Phi) is 3.79. The van der Waals surface area contributed by atoms with Crippen molar-refractivity contribution in [2.45, 2.75) is 19.5 Å². The van der Waals surface area contributed by atoms with Crippen molar-refractivity contribution >= 4 is 11.6 Å². The molecular formula is C13H15FN4O. The number of halogens is 1. The summed E-state index contributed by atoms with van der Waals surface area (Å²) in [5, 5.41) is 7.18. The van der Waals surface area contributed by atoms with E-state index in [4.69, 9.17) is 5.73 Å². The van der Waals surface area contributed by atoms with Crippen LogP contribution in [-0.4, -0.2) is 15.7 Å². The van der Waals surface area contributed by atoms with E-state index < -0.39 is 5.91 Å². The van der Waals surface area contributed by atoms with Crippen LogP contribution >= 0.6 is 0 Å². The van der Waals surface area contributed by atoms with E-state index in [0.717, 1.165) is 11.3 Å². The van der Waals surface area contributed by atoms with Gasteiger partial charge in [0.05, 0.1) is 11.9 Å². The highest BCUT2D eigenvalue weighted by Crippen LogP contribution is 2.19. The van der Waals surface area contributed by atoms with Gasteiger partial charge in [-0.25, -0.2) is 4.39 Å². The Balaban J connectivity index is 2.04. The molecule has 1 aromatic carbocycles. The van der Waals surface area contributed by atoms with Crippen LogP contribution in [0, 0.1) is 5.82 Å². The molecule has 2 aromatic rings. The van der Waals surface area contributed by atoms with Crippen LogP contribution in [0.3, 0.4) is 0 Å². The summed E-state index contributed by atoms with van der Waals surface area (Å²) >= 11 is 0. The minimum atomic E-state index is -0.451. The molecule has 1 amide bonds. The van der Waals surface area contributed by atoms with Crippen molar-refractivity contribution < 1.29 is 9.18 Å². The molecule has 0 saturated heterocycles. The van der Waals surface area contributed by atoms with E-state index >= 15 is 0 Å². The van der Waals surface area contributed by atoms with E-state index in [2.05, 4.69) is 10.4 Å². The van der Waals surface area contributed by atoms with E-state index in [1.807, 2.05) is 13.0 Å². The molecule has 5 nitrogen and oxygen atoms in total. The molecule has 2 rings (SSSR count). The van der Waals surface area contributed by atoms with Gasteiger partial charge in [-0.05, 0) is 24.6 Å². The Morgan fingerprint density at radius 3 is 3.05 bits per heavy atom. The summed E-state index contributed by atoms with van der Waals surface area (Å²) in [6.07, 6.45) is 3.28. The maximum Gasteiger partial charge on any atom is 0.239 e. The zero-order valence-corrected chi connectivity index (χ0v) is 10.5. The molecular weight excluding hydrogens is 247 g/mol. The minimum Gasteiger partial charge on any atom is -0.376 e. The topological polar surface area (TPSA) is 72.9 Å². The summed E-state index contributed by atoms with van der Waals surface area (Å²) < 4.78 is 14.6. The van der Waals surface area contributed by atoms with Gasteiger partial charge < -0.3 is 11.1 Å². The maximum absolute atomic E-state index is 13.1. The van der Waals surface area contributed by atoms with E-state index in [1.165, 1.54) is 16.8 Å². The summed E-state index contributed by atoms with van der Waals surface area (Å²) in [5.41, 5.74) is 6.66. The number of nitrogens with one attached hydrogen (secondary N) is 1. The number of nitrogens with two attached hydrogens (primary N) is 1. The van der Waals surface area contributed by atoms with Gasteiger partial charge in [0.25, 0.3) is 0 Å². The third-order valence-electron chi connectivity index (χ3n) is 2.68. The van der Waals surface area contributed by atoms with Crippen LogP contribution in [0.15, 0.2) is 36.7 Å². The molecule has 1 atom stereocenters. The molecule has 3 N–H and O–H groups in total. The van der Waals surface area contributed by atoms with Crippen molar-refractivity contribution in [3.63, 3.8) is 0 Å². The molecule has 0 aliphatic carbocycles. The number of amides is 1. The fraction of sp³-hybridized carbons (Fsp3) is 0.231. The molecule has 100 valence electrons. The molecule has 1 heterocycles. The van der Waals surface area contributed by atoms with Gasteiger partial charge in [-0.15, -0.1) is 0 Å². The van der Waals surface area contributed by atoms with E-state index in [9.17, 15) is 9.18 Å². The second kappa shape index (κ2) is 5.51. The summed E-state index contributed by atoms with van der Waals surface area (Å²) in [6, 6.07) is 6.32. The number of hydrogen-bond donors (Lipinski definition) is 2. The molecule has 19 heavy (non-hydrogen) atoms. The fourth-order valence-corrected chi connectivity index (χ4v) is 1.79. The normalized spacial score (nSPS) is 12.1. The number of carbonyl (C=O) groups excluding carboxylic acids is 1. The molecule has 0 aliphatic heterocycles. The zero-order chi connectivity index (χ0) is 13.8. The number of nitrogens with zero attached hydrogens (tertiary/aromatic N) is 2. The zero-order valence-electron chi connectivity index (χ0n) is 10.5. The van der Waals surface area contributed by atoms with Crippen molar-refractivity contribution in [3.05, 3.63) is 48.0 Å². The van der Waals surface area contributed by atoms with Gasteiger partial charge in [0.1, 0.15) is 12.4 Å². The van der Waals surface area contributed by atoms with Gasteiger partial charge in [-0.3, -0.25) is 9.48 Å². The monoisotopic (exact) mass is 262 g/mol. The summed E-state index contributed by atoms with van der Waals surface area (Å²) in [6.45, 7) is 1.95. The molecule has 0 radical (unpaired) electrons. The van der Waals surface area contributed by atoms with E-state index in [1.54, 1.807) is 18.5 Å². The van der Waals surface area contributed by atoms with E-state index in [0.29, 0.717) is 0 Å². The highest BCUT2D eigenvalue weighted by molar-refractivity contribution is 5.73. The van der Waals surface area contributed by atoms with Crippen molar-refractivity contribution in [1.82, 2.24) is 9.78 Å². The SMILES string of the molecule is CC(Nc1cnn(CC(N)=O)c1)c1cccc(F)c1. The lowest BCUT2D eigenvalue weighted by Gasteiger charge is -2.13. The number of benzene rings is 1. The number of anilines is 1. The van der Waals surface area contributed by atoms with Crippen molar-refractivity contribution in [2.24, 2.45) is 5.73 Å². The van der Waals surface area contributed by atoms with Gasteiger partial charge in [0.15, 0.2) is 0 Å². The Labute approximate surface area is 110 Å². The van der Waals surface area contributed by atoms with E-state index in [-0.39, 0.29) is 18.4 Å². The highest BCUT2D eigenvalue weighted by atomic mass is 19.1. The first kappa shape index (κ1) is 13.1. The molecule has 0 saturated carbocycles. The van der Waals surface area contributed by atoms with Crippen molar-refractivity contribution in [1.29, 1.82) is 0 Å². The van der Waals surface area contributed by atoms with Crippen LogP contribution in [0.5, 0.6) is 0 Å². The first-order valence-electron chi connectivity index (χ1n) is 5.87. The van der Waals surface area contributed by atoms with Gasteiger partial charge in [0, 0.05) is 12.2 Å². The average Bonchev–Trinajstić information content (AvgIpc) is 2.75. The van der Waals surface area contributed by atoms with Gasteiger partial charge >= 0.3 is 0 Å². The third kappa shape index (κ3) is 3.54. The number of carbonyl (C=O) groups is 1.